The Morgan fingerprint density at radius 2 is 2.24 bits per heavy atom. The maximum absolute atomic E-state index is 11.9. The molecular weight excluding hydrogens is 272 g/mol. The number of aliphatic hydroxyl groups excluding tert-OH is 1. The van der Waals surface area contributed by atoms with Crippen molar-refractivity contribution in [3.8, 4) is 5.88 Å². The van der Waals surface area contributed by atoms with Gasteiger partial charge in [0, 0.05) is 18.8 Å². The Labute approximate surface area is 124 Å². The topological polar surface area (TPSA) is 81.0 Å². The molecule has 0 unspecified atom stereocenters. The molecule has 0 aliphatic heterocycles. The van der Waals surface area contributed by atoms with Gasteiger partial charge in [0.1, 0.15) is 17.0 Å². The van der Waals surface area contributed by atoms with Gasteiger partial charge in [-0.2, -0.15) is 0 Å². The second kappa shape index (κ2) is 8.73. The Hall–Kier alpha value is -2.37. The molecule has 6 nitrogen and oxygen atoms in total. The Morgan fingerprint density at radius 3 is 2.86 bits per heavy atom. The van der Waals surface area contributed by atoms with Gasteiger partial charge in [-0.1, -0.05) is 6.92 Å². The normalized spacial score (nSPS) is 12.1. The molecule has 0 bridgehead atoms. The van der Waals surface area contributed by atoms with Crippen LogP contribution in [-0.4, -0.2) is 36.0 Å². The number of aliphatic imine (C=N–C) groups is 1. The van der Waals surface area contributed by atoms with E-state index in [2.05, 4.69) is 9.98 Å². The molecule has 1 rings (SSSR count). The minimum absolute atomic E-state index is 0.0393. The molecule has 1 heterocycles. The summed E-state index contributed by atoms with van der Waals surface area (Å²) in [5, 5.41) is 9.95. The minimum Gasteiger partial charge on any atom is -0.511 e. The number of aliphatic hydroxyl groups is 1. The molecule has 0 aliphatic rings. The largest absolute Gasteiger partial charge is 0.511 e. The van der Waals surface area contributed by atoms with E-state index in [1.165, 1.54) is 13.3 Å². The number of nitrogens with zero attached hydrogens (tertiary/aromatic N) is 2. The monoisotopic (exact) mass is 292 g/mol. The average Bonchev–Trinajstić information content (AvgIpc) is 2.48. The predicted molar refractivity (Wildman–Crippen MR) is 80.1 cm³/mol. The quantitative estimate of drug-likeness (QED) is 0.361. The first kappa shape index (κ1) is 16.7. The fourth-order valence-corrected chi connectivity index (χ4v) is 1.60. The van der Waals surface area contributed by atoms with Crippen LogP contribution in [0.4, 0.5) is 5.69 Å². The van der Waals surface area contributed by atoms with Crippen molar-refractivity contribution in [2.75, 3.05) is 13.7 Å². The van der Waals surface area contributed by atoms with Gasteiger partial charge >= 0.3 is 5.97 Å². The molecular formula is C15H20N2O4. The van der Waals surface area contributed by atoms with Crippen molar-refractivity contribution >= 4 is 17.9 Å². The van der Waals surface area contributed by atoms with Gasteiger partial charge in [0.2, 0.25) is 5.88 Å². The Kier molecular flexibility index (Phi) is 6.94. The third-order valence-corrected chi connectivity index (χ3v) is 2.57. The Morgan fingerprint density at radius 1 is 1.48 bits per heavy atom. The highest BCUT2D eigenvalue weighted by Gasteiger charge is 2.14. The number of pyridine rings is 1. The number of rotatable bonds is 7. The molecule has 0 saturated carbocycles. The third kappa shape index (κ3) is 4.91. The second-order valence-corrected chi connectivity index (χ2v) is 4.12. The van der Waals surface area contributed by atoms with Crippen molar-refractivity contribution in [2.24, 2.45) is 4.99 Å². The number of aromatic nitrogens is 1. The maximum atomic E-state index is 11.9. The number of ether oxygens (including phenoxy) is 2. The van der Waals surface area contributed by atoms with Crippen molar-refractivity contribution in [1.29, 1.82) is 0 Å². The fraction of sp³-hybridized carbons (Fsp3) is 0.400. The minimum atomic E-state index is -0.602. The van der Waals surface area contributed by atoms with Gasteiger partial charge in [0.15, 0.2) is 0 Å². The predicted octanol–water partition coefficient (Wildman–Crippen LogP) is 2.97. The van der Waals surface area contributed by atoms with Crippen LogP contribution in [0.15, 0.2) is 34.7 Å². The van der Waals surface area contributed by atoms with Crippen LogP contribution in [0.5, 0.6) is 5.88 Å². The van der Waals surface area contributed by atoms with Crippen molar-refractivity contribution in [3.63, 3.8) is 0 Å². The fourth-order valence-electron chi connectivity index (χ4n) is 1.60. The van der Waals surface area contributed by atoms with Crippen molar-refractivity contribution < 1.29 is 19.4 Å². The number of carbonyl (C=O) groups is 1. The van der Waals surface area contributed by atoms with Gasteiger partial charge in [-0.05, 0) is 25.5 Å². The first-order valence-corrected chi connectivity index (χ1v) is 6.76. The summed E-state index contributed by atoms with van der Waals surface area (Å²) in [4.78, 5) is 20.0. The molecule has 0 aliphatic carbocycles. The van der Waals surface area contributed by atoms with Gasteiger partial charge in [0.05, 0.1) is 13.7 Å². The number of allylic oxidation sites excluding steroid dienone is 1. The van der Waals surface area contributed by atoms with Crippen LogP contribution in [-0.2, 0) is 9.53 Å². The molecule has 0 amide bonds. The van der Waals surface area contributed by atoms with E-state index in [0.29, 0.717) is 24.4 Å². The summed E-state index contributed by atoms with van der Waals surface area (Å²) in [5.74, 6) is -0.301. The first-order chi connectivity index (χ1) is 10.1. The summed E-state index contributed by atoms with van der Waals surface area (Å²) >= 11 is 0. The number of hydrogen-bond donors (Lipinski definition) is 1. The highest BCUT2D eigenvalue weighted by Crippen LogP contribution is 2.23. The lowest BCUT2D eigenvalue weighted by molar-refractivity contribution is -0.138. The summed E-state index contributed by atoms with van der Waals surface area (Å²) in [7, 11) is 1.48. The van der Waals surface area contributed by atoms with Crippen LogP contribution in [0.25, 0.3) is 0 Å². The molecule has 1 aromatic heterocycles. The van der Waals surface area contributed by atoms with Crippen LogP contribution < -0.4 is 4.74 Å². The van der Waals surface area contributed by atoms with E-state index in [1.54, 1.807) is 25.3 Å². The summed E-state index contributed by atoms with van der Waals surface area (Å²) in [5.41, 5.74) is 0.510. The third-order valence-electron chi connectivity index (χ3n) is 2.57. The molecule has 0 fully saturated rings. The summed E-state index contributed by atoms with van der Waals surface area (Å²) in [6.45, 7) is 3.83. The Balaban J connectivity index is 3.08. The molecule has 114 valence electrons. The molecule has 0 spiro atoms. The molecule has 6 heteroatoms. The van der Waals surface area contributed by atoms with Crippen LogP contribution >= 0.6 is 0 Å². The highest BCUT2D eigenvalue weighted by atomic mass is 16.5. The van der Waals surface area contributed by atoms with Gasteiger partial charge < -0.3 is 14.6 Å². The second-order valence-electron chi connectivity index (χ2n) is 4.12. The van der Waals surface area contributed by atoms with E-state index >= 15 is 0 Å². The van der Waals surface area contributed by atoms with Gasteiger partial charge in [-0.15, -0.1) is 0 Å². The highest BCUT2D eigenvalue weighted by molar-refractivity contribution is 6.10. The summed E-state index contributed by atoms with van der Waals surface area (Å²) in [6.07, 6.45) is 3.94. The number of methoxy groups -OCH3 is 1. The first-order valence-electron chi connectivity index (χ1n) is 6.76. The molecule has 0 aromatic carbocycles. The van der Waals surface area contributed by atoms with E-state index < -0.39 is 5.97 Å². The van der Waals surface area contributed by atoms with Crippen LogP contribution in [0.2, 0.25) is 0 Å². The van der Waals surface area contributed by atoms with E-state index in [1.807, 2.05) is 6.92 Å². The van der Waals surface area contributed by atoms with E-state index in [9.17, 15) is 9.90 Å². The van der Waals surface area contributed by atoms with Crippen LogP contribution in [0.1, 0.15) is 26.7 Å². The number of esters is 1. The Bertz CT molecular complexity index is 538. The number of carbonyl (C=O) groups excluding carboxylic acids is 1. The van der Waals surface area contributed by atoms with Crippen molar-refractivity contribution in [2.45, 2.75) is 26.7 Å². The maximum Gasteiger partial charge on any atom is 0.343 e. The van der Waals surface area contributed by atoms with Crippen LogP contribution in [0.3, 0.4) is 0 Å². The van der Waals surface area contributed by atoms with Gasteiger partial charge in [-0.3, -0.25) is 4.99 Å². The van der Waals surface area contributed by atoms with E-state index in [4.69, 9.17) is 9.47 Å². The lowest BCUT2D eigenvalue weighted by Crippen LogP contribution is -2.11. The zero-order chi connectivity index (χ0) is 15.7. The molecule has 0 atom stereocenters. The smallest absolute Gasteiger partial charge is 0.343 e. The van der Waals surface area contributed by atoms with Gasteiger partial charge in [0.25, 0.3) is 0 Å². The van der Waals surface area contributed by atoms with Crippen molar-refractivity contribution in [3.05, 3.63) is 29.7 Å². The molecule has 1 N–H and O–H groups in total. The molecule has 0 saturated heterocycles. The van der Waals surface area contributed by atoms with E-state index in [0.717, 1.165) is 0 Å². The standard InChI is InChI=1S/C15H20N2O4/c1-4-7-13(18)11(15(19)21-5-2)10-17-12-8-6-9-16-14(12)20-3/h6,8-10,18H,4-5,7H2,1-3H3/b13-11+,17-10?. The summed E-state index contributed by atoms with van der Waals surface area (Å²) in [6, 6.07) is 3.40. The average molecular weight is 292 g/mol. The SMILES string of the molecule is CCC/C(O)=C(/C=Nc1cccnc1OC)C(=O)OCC. The zero-order valence-electron chi connectivity index (χ0n) is 12.5. The summed E-state index contributed by atoms with van der Waals surface area (Å²) < 4.78 is 10.00. The van der Waals surface area contributed by atoms with Gasteiger partial charge in [-0.25, -0.2) is 9.78 Å². The van der Waals surface area contributed by atoms with E-state index in [-0.39, 0.29) is 17.9 Å². The van der Waals surface area contributed by atoms with Crippen molar-refractivity contribution in [1.82, 2.24) is 4.98 Å². The van der Waals surface area contributed by atoms with Crippen LogP contribution in [0, 0.1) is 0 Å². The zero-order valence-corrected chi connectivity index (χ0v) is 12.5. The molecule has 0 radical (unpaired) electrons. The lowest BCUT2D eigenvalue weighted by atomic mass is 10.1. The molecule has 21 heavy (non-hydrogen) atoms. The number of hydrogen-bond acceptors (Lipinski definition) is 6. The lowest BCUT2D eigenvalue weighted by Gasteiger charge is -2.06. The molecule has 1 aromatic rings.